The molecule has 0 unspecified atom stereocenters. The van der Waals surface area contributed by atoms with Crippen molar-refractivity contribution >= 4 is 6.08 Å². The van der Waals surface area contributed by atoms with Gasteiger partial charge in [-0.05, 0) is 31.2 Å². The van der Waals surface area contributed by atoms with Gasteiger partial charge >= 0.3 is 0 Å². The number of hydrogen-bond donors (Lipinski definition) is 1. The van der Waals surface area contributed by atoms with Crippen LogP contribution in [-0.4, -0.2) is 13.1 Å². The van der Waals surface area contributed by atoms with E-state index in [0.29, 0.717) is 0 Å². The maximum Gasteiger partial charge on any atom is 0.126 e. The van der Waals surface area contributed by atoms with Crippen LogP contribution >= 0.6 is 0 Å². The van der Waals surface area contributed by atoms with Gasteiger partial charge in [0, 0.05) is 6.54 Å². The molecule has 0 spiro atoms. The molecular weight excluding hydrogens is 138 g/mol. The molecule has 2 nitrogen and oxygen atoms in total. The third kappa shape index (κ3) is 1.52. The second kappa shape index (κ2) is 2.93. The van der Waals surface area contributed by atoms with Crippen LogP contribution in [0, 0.1) is 0 Å². The van der Waals surface area contributed by atoms with Crippen molar-refractivity contribution in [2.75, 3.05) is 13.1 Å². The van der Waals surface area contributed by atoms with Crippen LogP contribution in [0.4, 0.5) is 0 Å². The predicted octanol–water partition coefficient (Wildman–Crippen LogP) is 1.66. The molecule has 0 saturated carbocycles. The van der Waals surface area contributed by atoms with Crippen molar-refractivity contribution in [3.63, 3.8) is 0 Å². The standard InChI is InChI=1S/C9H11NO/c1-2-9(11-5-1)6-8-3-4-10-7-8/h1-2,5-6,10H,3-4,7H2/b8-6-. The lowest BCUT2D eigenvalue weighted by molar-refractivity contribution is 0.556. The molecule has 0 amide bonds. The van der Waals surface area contributed by atoms with E-state index in [2.05, 4.69) is 11.4 Å². The summed E-state index contributed by atoms with van der Waals surface area (Å²) in [4.78, 5) is 0. The lowest BCUT2D eigenvalue weighted by Gasteiger charge is -1.90. The fraction of sp³-hybridized carbons (Fsp3) is 0.333. The molecule has 2 heterocycles. The highest BCUT2D eigenvalue weighted by Gasteiger charge is 2.05. The molecule has 0 aliphatic carbocycles. The zero-order valence-electron chi connectivity index (χ0n) is 6.34. The number of nitrogens with one attached hydrogen (secondary N) is 1. The number of furan rings is 1. The Morgan fingerprint density at radius 1 is 1.55 bits per heavy atom. The van der Waals surface area contributed by atoms with Crippen molar-refractivity contribution in [3.05, 3.63) is 29.7 Å². The molecule has 0 aromatic carbocycles. The van der Waals surface area contributed by atoms with E-state index in [4.69, 9.17) is 4.42 Å². The summed E-state index contributed by atoms with van der Waals surface area (Å²) >= 11 is 0. The second-order valence-corrected chi connectivity index (χ2v) is 2.74. The van der Waals surface area contributed by atoms with E-state index in [1.807, 2.05) is 12.1 Å². The minimum Gasteiger partial charge on any atom is -0.465 e. The van der Waals surface area contributed by atoms with Crippen molar-refractivity contribution in [3.8, 4) is 0 Å². The number of rotatable bonds is 1. The molecule has 58 valence electrons. The summed E-state index contributed by atoms with van der Waals surface area (Å²) in [6.45, 7) is 2.12. The van der Waals surface area contributed by atoms with Gasteiger partial charge in [0.1, 0.15) is 5.76 Å². The van der Waals surface area contributed by atoms with Crippen LogP contribution in [0.1, 0.15) is 12.2 Å². The molecule has 1 fully saturated rings. The third-order valence-electron chi connectivity index (χ3n) is 1.86. The summed E-state index contributed by atoms with van der Waals surface area (Å²) in [5.41, 5.74) is 1.43. The van der Waals surface area contributed by atoms with Crippen LogP contribution in [0.15, 0.2) is 28.4 Å². The summed E-state index contributed by atoms with van der Waals surface area (Å²) in [6.07, 6.45) is 4.97. The van der Waals surface area contributed by atoms with Gasteiger partial charge in [0.25, 0.3) is 0 Å². The Bertz CT molecular complexity index is 241. The minimum atomic E-state index is 0.962. The van der Waals surface area contributed by atoms with Crippen molar-refractivity contribution in [2.45, 2.75) is 6.42 Å². The summed E-state index contributed by atoms with van der Waals surface area (Å²) in [7, 11) is 0. The first kappa shape index (κ1) is 6.68. The maximum atomic E-state index is 5.19. The molecule has 0 bridgehead atoms. The first-order chi connectivity index (χ1) is 5.45. The van der Waals surface area contributed by atoms with E-state index < -0.39 is 0 Å². The van der Waals surface area contributed by atoms with E-state index in [9.17, 15) is 0 Å². The monoisotopic (exact) mass is 149 g/mol. The van der Waals surface area contributed by atoms with E-state index >= 15 is 0 Å². The van der Waals surface area contributed by atoms with Gasteiger partial charge in [0.2, 0.25) is 0 Å². The van der Waals surface area contributed by atoms with Gasteiger partial charge in [-0.3, -0.25) is 0 Å². The third-order valence-corrected chi connectivity index (χ3v) is 1.86. The quantitative estimate of drug-likeness (QED) is 0.656. The predicted molar refractivity (Wildman–Crippen MR) is 44.2 cm³/mol. The van der Waals surface area contributed by atoms with Crippen LogP contribution < -0.4 is 5.32 Å². The Hall–Kier alpha value is -1.02. The first-order valence-electron chi connectivity index (χ1n) is 3.89. The normalized spacial score (nSPS) is 21.3. The molecule has 1 aromatic rings. The van der Waals surface area contributed by atoms with Crippen molar-refractivity contribution in [2.24, 2.45) is 0 Å². The Kier molecular flexibility index (Phi) is 1.78. The van der Waals surface area contributed by atoms with E-state index in [1.165, 1.54) is 5.57 Å². The van der Waals surface area contributed by atoms with Crippen molar-refractivity contribution in [1.29, 1.82) is 0 Å². The second-order valence-electron chi connectivity index (χ2n) is 2.74. The van der Waals surface area contributed by atoms with Crippen LogP contribution in [0.5, 0.6) is 0 Å². The fourth-order valence-corrected chi connectivity index (χ4v) is 1.28. The van der Waals surface area contributed by atoms with Gasteiger partial charge in [-0.25, -0.2) is 0 Å². The molecule has 11 heavy (non-hydrogen) atoms. The molecule has 1 aliphatic heterocycles. The Morgan fingerprint density at radius 3 is 3.18 bits per heavy atom. The molecular formula is C9H11NO. The van der Waals surface area contributed by atoms with Crippen LogP contribution in [0.2, 0.25) is 0 Å². The van der Waals surface area contributed by atoms with Gasteiger partial charge in [-0.1, -0.05) is 5.57 Å². The molecule has 1 saturated heterocycles. The van der Waals surface area contributed by atoms with Gasteiger partial charge in [0.15, 0.2) is 0 Å². The van der Waals surface area contributed by atoms with E-state index in [-0.39, 0.29) is 0 Å². The Balaban J connectivity index is 2.13. The fourth-order valence-electron chi connectivity index (χ4n) is 1.28. The van der Waals surface area contributed by atoms with Gasteiger partial charge in [0.05, 0.1) is 6.26 Å². The highest BCUT2D eigenvalue weighted by Crippen LogP contribution is 2.12. The minimum absolute atomic E-state index is 0.962. The topological polar surface area (TPSA) is 25.2 Å². The molecule has 1 aromatic heterocycles. The molecule has 1 aliphatic rings. The van der Waals surface area contributed by atoms with E-state index in [0.717, 1.165) is 25.3 Å². The largest absolute Gasteiger partial charge is 0.465 e. The van der Waals surface area contributed by atoms with Crippen LogP contribution in [-0.2, 0) is 0 Å². The Labute approximate surface area is 65.9 Å². The van der Waals surface area contributed by atoms with Crippen molar-refractivity contribution < 1.29 is 4.42 Å². The van der Waals surface area contributed by atoms with Crippen molar-refractivity contribution in [1.82, 2.24) is 5.32 Å². The zero-order valence-corrected chi connectivity index (χ0v) is 6.34. The highest BCUT2D eigenvalue weighted by atomic mass is 16.3. The summed E-state index contributed by atoms with van der Waals surface area (Å²) in [5, 5.41) is 3.27. The molecule has 0 radical (unpaired) electrons. The maximum absolute atomic E-state index is 5.19. The zero-order chi connectivity index (χ0) is 7.52. The highest BCUT2D eigenvalue weighted by molar-refractivity contribution is 5.48. The molecule has 0 atom stereocenters. The van der Waals surface area contributed by atoms with Gasteiger partial charge < -0.3 is 9.73 Å². The van der Waals surface area contributed by atoms with Gasteiger partial charge in [-0.2, -0.15) is 0 Å². The van der Waals surface area contributed by atoms with Crippen LogP contribution in [0.25, 0.3) is 6.08 Å². The summed E-state index contributed by atoms with van der Waals surface area (Å²) in [6, 6.07) is 3.89. The lowest BCUT2D eigenvalue weighted by atomic mass is 10.2. The number of hydrogen-bond acceptors (Lipinski definition) is 2. The summed E-state index contributed by atoms with van der Waals surface area (Å²) < 4.78 is 5.19. The molecule has 2 rings (SSSR count). The average Bonchev–Trinajstić information content (AvgIpc) is 2.60. The smallest absolute Gasteiger partial charge is 0.126 e. The SMILES string of the molecule is C(=C1\CCNC1)/c1ccco1. The lowest BCUT2D eigenvalue weighted by Crippen LogP contribution is -2.04. The molecule has 1 N–H and O–H groups in total. The first-order valence-corrected chi connectivity index (χ1v) is 3.89. The van der Waals surface area contributed by atoms with Crippen LogP contribution in [0.3, 0.4) is 0 Å². The Morgan fingerprint density at radius 2 is 2.55 bits per heavy atom. The summed E-state index contributed by atoms with van der Waals surface area (Å²) in [5.74, 6) is 0.962. The van der Waals surface area contributed by atoms with Gasteiger partial charge in [-0.15, -0.1) is 0 Å². The average molecular weight is 149 g/mol. The molecule has 2 heteroatoms. The van der Waals surface area contributed by atoms with E-state index in [1.54, 1.807) is 6.26 Å².